The van der Waals surface area contributed by atoms with E-state index in [-0.39, 0.29) is 5.91 Å². The minimum absolute atomic E-state index is 0.0736. The van der Waals surface area contributed by atoms with Gasteiger partial charge in [-0.3, -0.25) is 14.2 Å². The number of aromatic nitrogens is 1. The number of carbonyl (C=O) groups excluding carboxylic acids is 2. The van der Waals surface area contributed by atoms with Crippen LogP contribution in [0.5, 0.6) is 0 Å². The third-order valence-corrected chi connectivity index (χ3v) is 4.12. The number of rotatable bonds is 4. The Labute approximate surface area is 148 Å². The highest BCUT2D eigenvalue weighted by atomic mass is 16.2. The average molecular weight is 342 g/mol. The van der Waals surface area contributed by atoms with E-state index >= 15 is 0 Å². The van der Waals surface area contributed by atoms with Gasteiger partial charge in [-0.1, -0.05) is 0 Å². The van der Waals surface area contributed by atoms with E-state index in [9.17, 15) is 9.59 Å². The zero-order chi connectivity index (χ0) is 18.1. The molecule has 0 spiro atoms. The first-order chi connectivity index (χ1) is 12.6. The lowest BCUT2D eigenvalue weighted by atomic mass is 10.2. The lowest BCUT2D eigenvalue weighted by Crippen LogP contribution is -2.10. The van der Waals surface area contributed by atoms with Gasteiger partial charge in [0.2, 0.25) is 5.91 Å². The summed E-state index contributed by atoms with van der Waals surface area (Å²) in [5, 5.41) is 8.25. The van der Waals surface area contributed by atoms with E-state index in [4.69, 9.17) is 5.73 Å². The molecule has 26 heavy (non-hydrogen) atoms. The molecule has 0 fully saturated rings. The molecule has 126 valence electrons. The van der Waals surface area contributed by atoms with Crippen molar-refractivity contribution in [2.24, 2.45) is 16.0 Å². The van der Waals surface area contributed by atoms with Gasteiger partial charge in [0, 0.05) is 22.2 Å². The highest BCUT2D eigenvalue weighted by Gasteiger charge is 2.13. The van der Waals surface area contributed by atoms with Crippen molar-refractivity contribution >= 4 is 34.2 Å². The highest BCUT2D eigenvalue weighted by molar-refractivity contribution is 6.03. The molecule has 0 unspecified atom stereocenters. The maximum Gasteiger partial charge on any atom is 0.262 e. The third-order valence-electron chi connectivity index (χ3n) is 4.12. The first-order valence-electron chi connectivity index (χ1n) is 7.98. The fourth-order valence-electron chi connectivity index (χ4n) is 2.74. The van der Waals surface area contributed by atoms with Crippen LogP contribution in [0.25, 0.3) is 11.0 Å². The second kappa shape index (κ2) is 6.25. The second-order valence-corrected chi connectivity index (χ2v) is 5.81. The molecule has 0 aliphatic heterocycles. The maximum atomic E-state index is 12.6. The number of carbonyl (C=O) groups is 2. The quantitative estimate of drug-likeness (QED) is 0.561. The minimum Gasteiger partial charge on any atom is -0.366 e. The Hall–Kier alpha value is -3.80. The van der Waals surface area contributed by atoms with Crippen LogP contribution in [0.2, 0.25) is 0 Å². The molecule has 2 aromatic carbocycles. The van der Waals surface area contributed by atoms with Crippen LogP contribution in [-0.4, -0.2) is 16.4 Å². The molecule has 0 radical (unpaired) electrons. The summed E-state index contributed by atoms with van der Waals surface area (Å²) in [6.07, 6.45) is 0. The molecule has 2 bridgehead atoms. The fraction of sp³-hybridized carbons (Fsp3) is 0. The summed E-state index contributed by atoms with van der Waals surface area (Å²) in [4.78, 5) is 23.6. The number of nitrogens with zero attached hydrogens (tertiary/aromatic N) is 3. The number of amides is 1. The average Bonchev–Trinajstić information content (AvgIpc) is 3.27. The first kappa shape index (κ1) is 15.7. The van der Waals surface area contributed by atoms with Crippen LogP contribution < -0.4 is 5.73 Å². The largest absolute Gasteiger partial charge is 0.366 e. The molecular weight excluding hydrogens is 328 g/mol. The van der Waals surface area contributed by atoms with Gasteiger partial charge >= 0.3 is 0 Å². The van der Waals surface area contributed by atoms with E-state index in [0.29, 0.717) is 22.5 Å². The Balaban J connectivity index is 1.51. The molecule has 0 aliphatic rings. The Kier molecular flexibility index (Phi) is 3.78. The van der Waals surface area contributed by atoms with Crippen molar-refractivity contribution in [1.82, 2.24) is 4.57 Å². The molecule has 4 aromatic rings. The van der Waals surface area contributed by atoms with Gasteiger partial charge in [0.05, 0.1) is 11.4 Å². The van der Waals surface area contributed by atoms with E-state index in [2.05, 4.69) is 10.2 Å². The molecule has 0 aliphatic carbocycles. The number of benzene rings is 3. The molecule has 1 amide bonds. The van der Waals surface area contributed by atoms with Crippen LogP contribution in [0, 0.1) is 0 Å². The predicted molar refractivity (Wildman–Crippen MR) is 98.4 cm³/mol. The third kappa shape index (κ3) is 2.84. The number of azo groups is 1. The fourth-order valence-corrected chi connectivity index (χ4v) is 2.74. The number of hydrogen-bond acceptors (Lipinski definition) is 4. The molecule has 4 rings (SSSR count). The maximum absolute atomic E-state index is 12.6. The number of fused-ring (bicyclic) bond motifs is 2. The topological polar surface area (TPSA) is 89.8 Å². The molecule has 0 atom stereocenters. The van der Waals surface area contributed by atoms with Crippen LogP contribution in [-0.2, 0) is 0 Å². The van der Waals surface area contributed by atoms with E-state index in [1.54, 1.807) is 53.1 Å². The normalized spacial score (nSPS) is 11.4. The van der Waals surface area contributed by atoms with Gasteiger partial charge in [0.15, 0.2) is 0 Å². The summed E-state index contributed by atoms with van der Waals surface area (Å²) in [7, 11) is 0. The van der Waals surface area contributed by atoms with Gasteiger partial charge in [0.1, 0.15) is 0 Å². The zero-order valence-electron chi connectivity index (χ0n) is 13.7. The van der Waals surface area contributed by atoms with Gasteiger partial charge in [-0.15, -0.1) is 0 Å². The van der Waals surface area contributed by atoms with Crippen molar-refractivity contribution in [3.05, 3.63) is 83.9 Å². The zero-order valence-corrected chi connectivity index (χ0v) is 13.7. The lowest BCUT2D eigenvalue weighted by Gasteiger charge is -2.03. The van der Waals surface area contributed by atoms with Crippen LogP contribution in [0.1, 0.15) is 20.7 Å². The summed E-state index contributed by atoms with van der Waals surface area (Å²) in [5.74, 6) is -0.558. The molecule has 2 N–H and O–H groups in total. The monoisotopic (exact) mass is 342 g/mol. The van der Waals surface area contributed by atoms with E-state index < -0.39 is 5.91 Å². The molecule has 2 heterocycles. The van der Waals surface area contributed by atoms with Crippen LogP contribution in [0.3, 0.4) is 0 Å². The SMILES string of the molecule is NC(=O)c1ccc(N=Nc2ccc(C(=O)n3c4ccc3cc4)cc2)cc1. The Bertz CT molecular complexity index is 1060. The summed E-state index contributed by atoms with van der Waals surface area (Å²) in [5.41, 5.74) is 9.20. The minimum atomic E-state index is -0.484. The Morgan fingerprint density at radius 3 is 1.50 bits per heavy atom. The van der Waals surface area contributed by atoms with Gasteiger partial charge in [-0.2, -0.15) is 10.2 Å². The lowest BCUT2D eigenvalue weighted by molar-refractivity contribution is 0.0967. The number of nitrogens with two attached hydrogens (primary N) is 1. The van der Waals surface area contributed by atoms with E-state index in [1.807, 2.05) is 24.3 Å². The van der Waals surface area contributed by atoms with Crippen molar-refractivity contribution in [2.75, 3.05) is 0 Å². The molecule has 2 aromatic heterocycles. The summed E-state index contributed by atoms with van der Waals surface area (Å²) in [6.45, 7) is 0. The van der Waals surface area contributed by atoms with Crippen LogP contribution in [0.4, 0.5) is 11.4 Å². The summed E-state index contributed by atoms with van der Waals surface area (Å²) < 4.78 is 1.68. The van der Waals surface area contributed by atoms with Crippen molar-refractivity contribution in [2.45, 2.75) is 0 Å². The van der Waals surface area contributed by atoms with Crippen molar-refractivity contribution in [3.8, 4) is 0 Å². The van der Waals surface area contributed by atoms with Gasteiger partial charge < -0.3 is 5.73 Å². The molecular formula is C20H14N4O2. The summed E-state index contributed by atoms with van der Waals surface area (Å²) >= 11 is 0. The van der Waals surface area contributed by atoms with Crippen LogP contribution >= 0.6 is 0 Å². The predicted octanol–water partition coefficient (Wildman–Crippen LogP) is 4.28. The van der Waals surface area contributed by atoms with E-state index in [0.717, 1.165) is 11.0 Å². The highest BCUT2D eigenvalue weighted by Crippen LogP contribution is 2.22. The Morgan fingerprint density at radius 2 is 1.08 bits per heavy atom. The molecule has 0 saturated heterocycles. The van der Waals surface area contributed by atoms with Crippen molar-refractivity contribution in [3.63, 3.8) is 0 Å². The van der Waals surface area contributed by atoms with Gasteiger partial charge in [0.25, 0.3) is 5.91 Å². The molecule has 0 saturated carbocycles. The van der Waals surface area contributed by atoms with Gasteiger partial charge in [-0.05, 0) is 72.8 Å². The standard InChI is InChI=1S/C20H14N4O2/c21-19(25)13-1-5-15(6-2-13)22-23-16-7-3-14(4-8-16)20(26)24-17-9-10-18(24)12-11-17/h1-12H,(H2,21,25). The number of hydrogen-bond donors (Lipinski definition) is 1. The molecule has 6 nitrogen and oxygen atoms in total. The van der Waals surface area contributed by atoms with Crippen LogP contribution in [0.15, 0.2) is 83.0 Å². The van der Waals surface area contributed by atoms with Gasteiger partial charge in [-0.25, -0.2) is 0 Å². The smallest absolute Gasteiger partial charge is 0.262 e. The first-order valence-corrected chi connectivity index (χ1v) is 7.98. The van der Waals surface area contributed by atoms with Crippen molar-refractivity contribution in [1.29, 1.82) is 0 Å². The van der Waals surface area contributed by atoms with E-state index in [1.165, 1.54) is 0 Å². The molecule has 6 heteroatoms. The number of primary amides is 1. The Morgan fingerprint density at radius 1 is 0.654 bits per heavy atom. The van der Waals surface area contributed by atoms with Crippen molar-refractivity contribution < 1.29 is 9.59 Å². The second-order valence-electron chi connectivity index (χ2n) is 5.81. The summed E-state index contributed by atoms with van der Waals surface area (Å²) in [6, 6.07) is 21.1.